The zero-order valence-electron chi connectivity index (χ0n) is 23.3. The fourth-order valence-electron chi connectivity index (χ4n) is 3.37. The van der Waals surface area contributed by atoms with Crippen molar-refractivity contribution < 1.29 is 28.6 Å². The lowest BCUT2D eigenvalue weighted by atomic mass is 9.98. The molecule has 0 N–H and O–H groups in total. The Labute approximate surface area is 231 Å². The second-order valence-corrected chi connectivity index (χ2v) is 9.14. The quantitative estimate of drug-likeness (QED) is 0.0793. The molecule has 3 rings (SSSR count). The van der Waals surface area contributed by atoms with Crippen molar-refractivity contribution in [2.45, 2.75) is 52.9 Å². The first-order valence-electron chi connectivity index (χ1n) is 13.1. The molecule has 6 heteroatoms. The minimum absolute atomic E-state index is 0.0498. The van der Waals surface area contributed by atoms with Crippen molar-refractivity contribution in [1.82, 2.24) is 0 Å². The first-order valence-corrected chi connectivity index (χ1v) is 13.1. The summed E-state index contributed by atoms with van der Waals surface area (Å²) in [5, 5.41) is 0. The molecule has 39 heavy (non-hydrogen) atoms. The summed E-state index contributed by atoms with van der Waals surface area (Å²) >= 11 is 0. The molecule has 0 bridgehead atoms. The van der Waals surface area contributed by atoms with Crippen LogP contribution in [-0.4, -0.2) is 30.9 Å². The number of hydrogen-bond acceptors (Lipinski definition) is 6. The van der Waals surface area contributed by atoms with Crippen LogP contribution in [0.3, 0.4) is 0 Å². The molecule has 6 nitrogen and oxygen atoms in total. The number of carbonyl (C=O) groups is 3. The maximum atomic E-state index is 12.2. The maximum Gasteiger partial charge on any atom is 0.343 e. The van der Waals surface area contributed by atoms with E-state index in [-0.39, 0.29) is 5.78 Å². The van der Waals surface area contributed by atoms with E-state index in [1.165, 1.54) is 24.5 Å². The fraction of sp³-hybridized carbons (Fsp3) is 0.303. The van der Waals surface area contributed by atoms with Gasteiger partial charge in [-0.3, -0.25) is 4.79 Å². The van der Waals surface area contributed by atoms with E-state index in [4.69, 9.17) is 14.2 Å². The van der Waals surface area contributed by atoms with Crippen LogP contribution >= 0.6 is 0 Å². The van der Waals surface area contributed by atoms with Gasteiger partial charge in [0.05, 0.1) is 18.8 Å². The lowest BCUT2D eigenvalue weighted by Gasteiger charge is -2.08. The molecule has 3 aromatic carbocycles. The molecule has 0 fully saturated rings. The van der Waals surface area contributed by atoms with Gasteiger partial charge >= 0.3 is 11.9 Å². The molecule has 1 unspecified atom stereocenters. The van der Waals surface area contributed by atoms with Crippen LogP contribution in [0.15, 0.2) is 85.5 Å². The van der Waals surface area contributed by atoms with Crippen molar-refractivity contribution in [3.05, 3.63) is 108 Å². The van der Waals surface area contributed by atoms with Crippen LogP contribution in [0.5, 0.6) is 11.5 Å². The number of aryl methyl sites for hydroxylation is 1. The van der Waals surface area contributed by atoms with E-state index in [2.05, 4.69) is 51.6 Å². The number of unbranched alkanes of at least 4 members (excludes halogenated alkanes) is 1. The van der Waals surface area contributed by atoms with Gasteiger partial charge in [0.1, 0.15) is 11.5 Å². The fourth-order valence-corrected chi connectivity index (χ4v) is 3.37. The largest absolute Gasteiger partial charge is 0.494 e. The minimum Gasteiger partial charge on any atom is -0.494 e. The Morgan fingerprint density at radius 1 is 0.821 bits per heavy atom. The Kier molecular flexibility index (Phi) is 13.2. The monoisotopic (exact) mass is 530 g/mol. The number of ketones is 1. The van der Waals surface area contributed by atoms with Crippen molar-refractivity contribution in [2.24, 2.45) is 0 Å². The molecule has 0 radical (unpaired) electrons. The van der Waals surface area contributed by atoms with Crippen molar-refractivity contribution in [3.8, 4) is 11.5 Å². The first-order chi connectivity index (χ1) is 18.7. The minimum atomic E-state index is -0.494. The third-order valence-corrected chi connectivity index (χ3v) is 6.04. The molecule has 0 amide bonds. The summed E-state index contributed by atoms with van der Waals surface area (Å²) in [6, 6.07) is 21.8. The van der Waals surface area contributed by atoms with Crippen LogP contribution in [0.4, 0.5) is 0 Å². The predicted octanol–water partition coefficient (Wildman–Crippen LogP) is 7.51. The number of rotatable bonds is 12. The lowest BCUT2D eigenvalue weighted by Crippen LogP contribution is -2.08. The molecule has 0 aromatic heterocycles. The zero-order chi connectivity index (χ0) is 28.6. The smallest absolute Gasteiger partial charge is 0.343 e. The molecule has 206 valence electrons. The first kappa shape index (κ1) is 31.0. The summed E-state index contributed by atoms with van der Waals surface area (Å²) < 4.78 is 15.7. The molecule has 1 atom stereocenters. The molecular weight excluding hydrogens is 492 g/mol. The number of benzene rings is 3. The summed E-state index contributed by atoms with van der Waals surface area (Å²) in [6.45, 7) is 12.2. The third-order valence-electron chi connectivity index (χ3n) is 6.04. The van der Waals surface area contributed by atoms with Gasteiger partial charge in [-0.2, -0.15) is 0 Å². The highest BCUT2D eigenvalue weighted by molar-refractivity contribution is 5.94. The normalized spacial score (nSPS) is 10.9. The highest BCUT2D eigenvalue weighted by Crippen LogP contribution is 2.19. The lowest BCUT2D eigenvalue weighted by molar-refractivity contribution is -0.137. The molecule has 0 aliphatic carbocycles. The van der Waals surface area contributed by atoms with Crippen molar-refractivity contribution in [3.63, 3.8) is 0 Å². The molecule has 3 aromatic rings. The molecule has 0 saturated carbocycles. The Hall–Kier alpha value is -4.19. The second-order valence-electron chi connectivity index (χ2n) is 9.14. The summed E-state index contributed by atoms with van der Waals surface area (Å²) in [7, 11) is 0. The van der Waals surface area contributed by atoms with E-state index in [0.717, 1.165) is 12.5 Å². The second kappa shape index (κ2) is 16.6. The van der Waals surface area contributed by atoms with Crippen molar-refractivity contribution in [1.29, 1.82) is 0 Å². The van der Waals surface area contributed by atoms with Crippen LogP contribution in [0, 0.1) is 6.92 Å². The van der Waals surface area contributed by atoms with E-state index in [9.17, 15) is 14.4 Å². The standard InChI is InChI=1S/C22H22O6.C11H16/c1-3-21(24)27-15-5-4-14-26-19-10-8-18(9-11-19)22(25)28-20-12-6-17(7-13-20)16(2)23;1-4-10(3)11-7-5-9(2)6-8-11/h3,6-13H,1,4-5,14-15H2,2H3;5-8,10H,4H2,1-3H3. The van der Waals surface area contributed by atoms with Gasteiger partial charge in [0.15, 0.2) is 5.78 Å². The van der Waals surface area contributed by atoms with Crippen LogP contribution in [0.1, 0.15) is 77.8 Å². The molecular formula is C33H38O6. The summed E-state index contributed by atoms with van der Waals surface area (Å²) in [4.78, 5) is 34.3. The maximum absolute atomic E-state index is 12.2. The molecule has 0 saturated heterocycles. The van der Waals surface area contributed by atoms with Gasteiger partial charge in [0.2, 0.25) is 0 Å². The Balaban J connectivity index is 0.000000404. The highest BCUT2D eigenvalue weighted by Gasteiger charge is 2.09. The van der Waals surface area contributed by atoms with E-state index in [1.54, 1.807) is 48.5 Å². The van der Waals surface area contributed by atoms with Crippen LogP contribution in [-0.2, 0) is 9.53 Å². The Bertz CT molecular complexity index is 1190. The van der Waals surface area contributed by atoms with Gasteiger partial charge in [-0.05, 0) is 93.1 Å². The Morgan fingerprint density at radius 2 is 1.38 bits per heavy atom. The average molecular weight is 531 g/mol. The summed E-state index contributed by atoms with van der Waals surface area (Å²) in [5.74, 6) is 0.726. The van der Waals surface area contributed by atoms with Crippen LogP contribution in [0.25, 0.3) is 0 Å². The molecule has 0 spiro atoms. The summed E-state index contributed by atoms with van der Waals surface area (Å²) in [6.07, 6.45) is 3.77. The number of esters is 2. The molecule has 0 aliphatic heterocycles. The van der Waals surface area contributed by atoms with Gasteiger partial charge in [0.25, 0.3) is 0 Å². The Morgan fingerprint density at radius 3 is 1.95 bits per heavy atom. The van der Waals surface area contributed by atoms with E-state index in [0.29, 0.717) is 48.2 Å². The number of carbonyl (C=O) groups excluding carboxylic acids is 3. The third kappa shape index (κ3) is 11.4. The average Bonchev–Trinajstić information content (AvgIpc) is 2.95. The number of hydrogen-bond donors (Lipinski definition) is 0. The van der Waals surface area contributed by atoms with Crippen LogP contribution < -0.4 is 9.47 Å². The SMILES string of the molecule is C=CC(=O)OCCCCOc1ccc(C(=O)Oc2ccc(C(C)=O)cc2)cc1.CCC(C)c1ccc(C)cc1. The van der Waals surface area contributed by atoms with E-state index in [1.807, 2.05) is 0 Å². The van der Waals surface area contributed by atoms with Gasteiger partial charge in [0, 0.05) is 11.6 Å². The van der Waals surface area contributed by atoms with E-state index >= 15 is 0 Å². The van der Waals surface area contributed by atoms with Gasteiger partial charge < -0.3 is 14.2 Å². The summed E-state index contributed by atoms with van der Waals surface area (Å²) in [5.41, 5.74) is 3.75. The number of Topliss-reactive ketones (excluding diaryl/α,β-unsaturated/α-hetero) is 1. The number of ether oxygens (including phenoxy) is 3. The zero-order valence-corrected chi connectivity index (χ0v) is 23.3. The molecule has 0 heterocycles. The molecule has 0 aliphatic rings. The van der Waals surface area contributed by atoms with Gasteiger partial charge in [-0.15, -0.1) is 0 Å². The van der Waals surface area contributed by atoms with Crippen molar-refractivity contribution in [2.75, 3.05) is 13.2 Å². The topological polar surface area (TPSA) is 78.9 Å². The van der Waals surface area contributed by atoms with E-state index < -0.39 is 11.9 Å². The predicted molar refractivity (Wildman–Crippen MR) is 154 cm³/mol. The highest BCUT2D eigenvalue weighted by atomic mass is 16.5. The van der Waals surface area contributed by atoms with Crippen LogP contribution in [0.2, 0.25) is 0 Å². The van der Waals surface area contributed by atoms with Crippen molar-refractivity contribution >= 4 is 17.7 Å². The van der Waals surface area contributed by atoms with Gasteiger partial charge in [-0.1, -0.05) is 50.3 Å². The van der Waals surface area contributed by atoms with Gasteiger partial charge in [-0.25, -0.2) is 9.59 Å².